The number of pyridine rings is 1. The zero-order valence-corrected chi connectivity index (χ0v) is 13.7. The third kappa shape index (κ3) is 2.95. The molecule has 2 heterocycles. The number of nitrogens with zero attached hydrogens (tertiary/aromatic N) is 4. The molecular weight excluding hydrogens is 337 g/mol. The topological polar surface area (TPSA) is 78.7 Å². The van der Waals surface area contributed by atoms with E-state index >= 15 is 0 Å². The lowest BCUT2D eigenvalue weighted by Crippen LogP contribution is -2.25. The average Bonchev–Trinajstić information content (AvgIpc) is 2.80. The van der Waals surface area contributed by atoms with Gasteiger partial charge in [-0.3, -0.25) is 9.55 Å². The van der Waals surface area contributed by atoms with E-state index in [1.54, 1.807) is 13.1 Å². The number of nitrogens with two attached hydrogens (primary N) is 1. The van der Waals surface area contributed by atoms with E-state index in [-0.39, 0.29) is 5.69 Å². The van der Waals surface area contributed by atoms with Crippen molar-refractivity contribution in [2.75, 3.05) is 5.73 Å². The second-order valence-corrected chi connectivity index (χ2v) is 5.79. The molecule has 118 valence electrons. The lowest BCUT2D eigenvalue weighted by atomic mass is 10.3. The first kappa shape index (κ1) is 15.6. The minimum absolute atomic E-state index is 0.300. The summed E-state index contributed by atoms with van der Waals surface area (Å²) in [4.78, 5) is 16.9. The molecule has 0 bridgehead atoms. The van der Waals surface area contributed by atoms with E-state index in [9.17, 15) is 4.79 Å². The van der Waals surface area contributed by atoms with E-state index in [1.807, 2.05) is 18.2 Å². The van der Waals surface area contributed by atoms with Crippen molar-refractivity contribution in [2.24, 2.45) is 0 Å². The number of benzene rings is 1. The van der Waals surface area contributed by atoms with Crippen LogP contribution < -0.4 is 11.4 Å². The first-order valence-electron chi connectivity index (χ1n) is 6.78. The molecule has 0 atom stereocenters. The first-order chi connectivity index (χ1) is 11.0. The Morgan fingerprint density at radius 2 is 2.00 bits per heavy atom. The van der Waals surface area contributed by atoms with Crippen molar-refractivity contribution in [1.29, 1.82) is 0 Å². The molecule has 3 aromatic rings. The zero-order chi connectivity index (χ0) is 16.6. The van der Waals surface area contributed by atoms with Crippen LogP contribution in [0.1, 0.15) is 11.5 Å². The quantitative estimate of drug-likeness (QED) is 0.737. The van der Waals surface area contributed by atoms with Gasteiger partial charge in [-0.25, -0.2) is 4.79 Å². The normalized spacial score (nSPS) is 10.9. The monoisotopic (exact) mass is 349 g/mol. The summed E-state index contributed by atoms with van der Waals surface area (Å²) >= 11 is 12.1. The van der Waals surface area contributed by atoms with Gasteiger partial charge in [-0.15, -0.1) is 0 Å². The van der Waals surface area contributed by atoms with Gasteiger partial charge >= 0.3 is 5.69 Å². The number of nitrogen functional groups attached to an aromatic ring is 1. The predicted octanol–water partition coefficient (Wildman–Crippen LogP) is 2.67. The molecule has 0 aliphatic rings. The summed E-state index contributed by atoms with van der Waals surface area (Å²) in [6.07, 6.45) is 1.68. The second-order valence-electron chi connectivity index (χ2n) is 4.97. The van der Waals surface area contributed by atoms with Crippen molar-refractivity contribution in [3.63, 3.8) is 0 Å². The summed E-state index contributed by atoms with van der Waals surface area (Å²) in [6.45, 7) is 2.07. The van der Waals surface area contributed by atoms with Crippen molar-refractivity contribution in [2.45, 2.75) is 13.5 Å². The van der Waals surface area contributed by atoms with Crippen molar-refractivity contribution in [3.8, 4) is 5.69 Å². The van der Waals surface area contributed by atoms with Crippen LogP contribution in [-0.4, -0.2) is 19.3 Å². The lowest BCUT2D eigenvalue weighted by Gasteiger charge is -2.06. The minimum Gasteiger partial charge on any atom is -0.397 e. The number of halogens is 2. The molecule has 0 saturated carbocycles. The number of aromatic nitrogens is 4. The summed E-state index contributed by atoms with van der Waals surface area (Å²) in [5.74, 6) is 0.547. The van der Waals surface area contributed by atoms with Crippen LogP contribution in [0.25, 0.3) is 5.69 Å². The molecule has 6 nitrogen and oxygen atoms in total. The van der Waals surface area contributed by atoms with Gasteiger partial charge < -0.3 is 5.73 Å². The number of anilines is 1. The molecule has 0 spiro atoms. The third-order valence-corrected chi connectivity index (χ3v) is 4.02. The van der Waals surface area contributed by atoms with Crippen LogP contribution in [-0.2, 0) is 6.54 Å². The molecule has 0 aliphatic carbocycles. The number of hydrogen-bond acceptors (Lipinski definition) is 4. The Hall–Kier alpha value is -2.31. The van der Waals surface area contributed by atoms with Crippen molar-refractivity contribution in [1.82, 2.24) is 19.3 Å². The Morgan fingerprint density at radius 3 is 2.70 bits per heavy atom. The van der Waals surface area contributed by atoms with Crippen LogP contribution >= 0.6 is 23.2 Å². The molecule has 0 unspecified atom stereocenters. The third-order valence-electron chi connectivity index (χ3n) is 3.39. The maximum absolute atomic E-state index is 12.6. The SMILES string of the molecule is Cc1nn(-c2cc(N)c(Cl)cc2Cl)c(=O)n1Cc1ccccn1. The maximum Gasteiger partial charge on any atom is 0.351 e. The minimum atomic E-state index is -0.322. The predicted molar refractivity (Wildman–Crippen MR) is 90.3 cm³/mol. The van der Waals surface area contributed by atoms with Crippen LogP contribution in [0, 0.1) is 6.92 Å². The van der Waals surface area contributed by atoms with Crippen LogP contribution in [0.15, 0.2) is 41.3 Å². The summed E-state index contributed by atoms with van der Waals surface area (Å²) in [5.41, 5.74) is 6.95. The molecule has 8 heteroatoms. The summed E-state index contributed by atoms with van der Waals surface area (Å²) in [7, 11) is 0. The highest BCUT2D eigenvalue weighted by Gasteiger charge is 2.16. The fourth-order valence-corrected chi connectivity index (χ4v) is 2.67. The molecule has 3 rings (SSSR count). The Kier molecular flexibility index (Phi) is 4.11. The summed E-state index contributed by atoms with van der Waals surface area (Å²) in [5, 5.41) is 4.89. The average molecular weight is 350 g/mol. The molecular formula is C15H13Cl2N5O. The van der Waals surface area contributed by atoms with Crippen molar-refractivity contribution >= 4 is 28.9 Å². The summed E-state index contributed by atoms with van der Waals surface area (Å²) < 4.78 is 2.73. The number of rotatable bonds is 3. The molecule has 1 aromatic carbocycles. The molecule has 0 radical (unpaired) electrons. The van der Waals surface area contributed by atoms with Gasteiger partial charge in [0.05, 0.1) is 33.7 Å². The first-order valence-corrected chi connectivity index (χ1v) is 7.54. The highest BCUT2D eigenvalue weighted by atomic mass is 35.5. The standard InChI is InChI=1S/C15H13Cl2N5O/c1-9-20-22(14-7-13(18)11(16)6-12(14)17)15(23)21(9)8-10-4-2-3-5-19-10/h2-7H,8,18H2,1H3. The zero-order valence-electron chi connectivity index (χ0n) is 12.2. The second kappa shape index (κ2) is 6.06. The molecule has 2 aromatic heterocycles. The fraction of sp³-hybridized carbons (Fsp3) is 0.133. The van der Waals surface area contributed by atoms with Gasteiger partial charge in [0.25, 0.3) is 0 Å². The van der Waals surface area contributed by atoms with E-state index in [0.717, 1.165) is 5.69 Å². The van der Waals surface area contributed by atoms with Crippen LogP contribution in [0.4, 0.5) is 5.69 Å². The molecule has 0 saturated heterocycles. The van der Waals surface area contributed by atoms with Gasteiger partial charge in [0.2, 0.25) is 0 Å². The van der Waals surface area contributed by atoms with Gasteiger partial charge in [0, 0.05) is 6.20 Å². The number of hydrogen-bond donors (Lipinski definition) is 1. The Morgan fingerprint density at radius 1 is 1.22 bits per heavy atom. The Balaban J connectivity index is 2.08. The fourth-order valence-electron chi connectivity index (χ4n) is 2.20. The van der Waals surface area contributed by atoms with Crippen molar-refractivity contribution in [3.05, 3.63) is 68.6 Å². The highest BCUT2D eigenvalue weighted by molar-refractivity contribution is 6.37. The number of aryl methyl sites for hydroxylation is 1. The van der Waals surface area contributed by atoms with Gasteiger partial charge in [-0.05, 0) is 31.2 Å². The molecule has 0 aliphatic heterocycles. The maximum atomic E-state index is 12.6. The van der Waals surface area contributed by atoms with Gasteiger partial charge in [0.1, 0.15) is 5.82 Å². The lowest BCUT2D eigenvalue weighted by molar-refractivity contribution is 0.707. The highest BCUT2D eigenvalue weighted by Crippen LogP contribution is 2.28. The van der Waals surface area contributed by atoms with Crippen LogP contribution in [0.2, 0.25) is 10.0 Å². The largest absolute Gasteiger partial charge is 0.397 e. The van der Waals surface area contributed by atoms with Crippen LogP contribution in [0.5, 0.6) is 0 Å². The van der Waals surface area contributed by atoms with Gasteiger partial charge in [0.15, 0.2) is 0 Å². The summed E-state index contributed by atoms with van der Waals surface area (Å²) in [6, 6.07) is 8.55. The van der Waals surface area contributed by atoms with Crippen molar-refractivity contribution < 1.29 is 0 Å². The Bertz CT molecular complexity index is 918. The van der Waals surface area contributed by atoms with E-state index < -0.39 is 0 Å². The molecule has 23 heavy (non-hydrogen) atoms. The van der Waals surface area contributed by atoms with Gasteiger partial charge in [-0.2, -0.15) is 9.78 Å². The Labute approximate surface area is 142 Å². The van der Waals surface area contributed by atoms with E-state index in [0.29, 0.717) is 33.8 Å². The smallest absolute Gasteiger partial charge is 0.351 e. The van der Waals surface area contributed by atoms with Crippen LogP contribution in [0.3, 0.4) is 0 Å². The van der Waals surface area contributed by atoms with E-state index in [2.05, 4.69) is 10.1 Å². The van der Waals surface area contributed by atoms with E-state index in [4.69, 9.17) is 28.9 Å². The van der Waals surface area contributed by atoms with Gasteiger partial charge in [-0.1, -0.05) is 29.3 Å². The van der Waals surface area contributed by atoms with E-state index in [1.165, 1.54) is 21.4 Å². The molecule has 0 fully saturated rings. The molecule has 0 amide bonds. The molecule has 2 N–H and O–H groups in total.